The SMILES string of the molecule is Cc1nc2cc(C)c(CN(C)c3ccc(C(=O)N(C(=O)CC[C@H](N)C(=O)O)[C@H](CCC(=O)O)C(=O)O)c(F)c3)cc2c(=O)[nH]1. The Hall–Kier alpha value is -5.18. The highest BCUT2D eigenvalue weighted by Crippen LogP contribution is 2.25. The van der Waals surface area contributed by atoms with Gasteiger partial charge < -0.3 is 30.9 Å². The molecule has 6 N–H and O–H groups in total. The van der Waals surface area contributed by atoms with Gasteiger partial charge in [-0.2, -0.15) is 0 Å². The van der Waals surface area contributed by atoms with Crippen molar-refractivity contribution in [3.8, 4) is 0 Å². The standard InChI is InChI=1S/C29H32FN5O9/c1-14-10-22-19(26(39)33-15(2)32-22)11-16(14)13-34(3)17-4-5-18(20(30)12-17)27(40)35(23(29(43)44)7-9-25(37)38)24(36)8-6-21(31)28(41)42/h4-5,10-12,21,23H,6-9,13,31H2,1-3H3,(H,37,38)(H,41,42)(H,43,44)(H,32,33,39)/t21-,23+/m0/s1. The van der Waals surface area contributed by atoms with Crippen LogP contribution in [0.5, 0.6) is 0 Å². The summed E-state index contributed by atoms with van der Waals surface area (Å²) in [5.74, 6) is -7.64. The summed E-state index contributed by atoms with van der Waals surface area (Å²) in [4.78, 5) is 81.9. The van der Waals surface area contributed by atoms with E-state index in [4.69, 9.17) is 15.9 Å². The minimum absolute atomic E-state index is 0.229. The van der Waals surface area contributed by atoms with Gasteiger partial charge in [0.05, 0.1) is 16.5 Å². The van der Waals surface area contributed by atoms with Gasteiger partial charge in [0.15, 0.2) is 0 Å². The second kappa shape index (κ2) is 13.9. The van der Waals surface area contributed by atoms with Crippen molar-refractivity contribution in [3.63, 3.8) is 0 Å². The molecule has 3 aromatic rings. The number of nitrogens with one attached hydrogen (secondary N) is 1. The third-order valence-electron chi connectivity index (χ3n) is 7.02. The number of anilines is 1. The van der Waals surface area contributed by atoms with Gasteiger partial charge in [-0.3, -0.25) is 28.9 Å². The number of amides is 2. The first kappa shape index (κ1) is 33.3. The maximum Gasteiger partial charge on any atom is 0.326 e. The minimum Gasteiger partial charge on any atom is -0.481 e. The van der Waals surface area contributed by atoms with Crippen LogP contribution in [-0.2, 0) is 25.7 Å². The lowest BCUT2D eigenvalue weighted by Gasteiger charge is -2.28. The summed E-state index contributed by atoms with van der Waals surface area (Å²) in [5.41, 5.74) is 6.86. The van der Waals surface area contributed by atoms with E-state index < -0.39 is 78.9 Å². The minimum atomic E-state index is -1.97. The average Bonchev–Trinajstić information content (AvgIpc) is 2.93. The van der Waals surface area contributed by atoms with Crippen LogP contribution in [0.4, 0.5) is 10.1 Å². The number of carboxylic acids is 3. The molecule has 14 nitrogen and oxygen atoms in total. The van der Waals surface area contributed by atoms with Crippen LogP contribution in [0.25, 0.3) is 10.9 Å². The molecule has 15 heteroatoms. The lowest BCUT2D eigenvalue weighted by molar-refractivity contribution is -0.149. The number of rotatable bonds is 13. The maximum absolute atomic E-state index is 15.4. The zero-order chi connectivity index (χ0) is 32.9. The van der Waals surface area contributed by atoms with Crippen LogP contribution in [0.1, 0.15) is 53.0 Å². The number of H-pyrrole nitrogens is 1. The zero-order valence-electron chi connectivity index (χ0n) is 24.2. The van der Waals surface area contributed by atoms with E-state index in [0.717, 1.165) is 23.3 Å². The van der Waals surface area contributed by atoms with Crippen molar-refractivity contribution in [2.24, 2.45) is 5.73 Å². The molecule has 0 bridgehead atoms. The van der Waals surface area contributed by atoms with Crippen molar-refractivity contribution >= 4 is 46.3 Å². The number of aromatic amines is 1. The molecule has 0 radical (unpaired) electrons. The van der Waals surface area contributed by atoms with E-state index in [1.54, 1.807) is 31.0 Å². The Morgan fingerprint density at radius 2 is 1.68 bits per heavy atom. The van der Waals surface area contributed by atoms with E-state index in [1.165, 1.54) is 6.07 Å². The second-order valence-electron chi connectivity index (χ2n) is 10.3. The van der Waals surface area contributed by atoms with Gasteiger partial charge in [-0.1, -0.05) is 0 Å². The number of carbonyl (C=O) groups is 5. The van der Waals surface area contributed by atoms with Gasteiger partial charge in [-0.15, -0.1) is 0 Å². The molecule has 0 spiro atoms. The zero-order valence-corrected chi connectivity index (χ0v) is 24.2. The summed E-state index contributed by atoms with van der Waals surface area (Å²) in [6.07, 6.45) is -2.50. The first-order valence-corrected chi connectivity index (χ1v) is 13.4. The van der Waals surface area contributed by atoms with Crippen LogP contribution in [0.15, 0.2) is 35.1 Å². The quantitative estimate of drug-likeness (QED) is 0.186. The Balaban J connectivity index is 1.92. The number of imide groups is 1. The monoisotopic (exact) mass is 613 g/mol. The molecule has 1 heterocycles. The topological polar surface area (TPSA) is 224 Å². The van der Waals surface area contributed by atoms with Gasteiger partial charge in [0, 0.05) is 32.1 Å². The third kappa shape index (κ3) is 7.80. The molecular weight excluding hydrogens is 581 g/mol. The maximum atomic E-state index is 15.4. The Morgan fingerprint density at radius 1 is 1.00 bits per heavy atom. The molecule has 3 rings (SSSR count). The number of hydrogen-bond acceptors (Lipinski definition) is 9. The summed E-state index contributed by atoms with van der Waals surface area (Å²) < 4.78 is 15.4. The smallest absolute Gasteiger partial charge is 0.326 e. The lowest BCUT2D eigenvalue weighted by Crippen LogP contribution is -2.49. The number of aliphatic carboxylic acids is 3. The van der Waals surface area contributed by atoms with Gasteiger partial charge in [0.1, 0.15) is 23.7 Å². The van der Waals surface area contributed by atoms with Gasteiger partial charge in [0.25, 0.3) is 11.5 Å². The van der Waals surface area contributed by atoms with E-state index in [-0.39, 0.29) is 17.0 Å². The van der Waals surface area contributed by atoms with Crippen LogP contribution >= 0.6 is 0 Å². The lowest BCUT2D eigenvalue weighted by atomic mass is 10.0. The number of aromatic nitrogens is 2. The number of fused-ring (bicyclic) bond motifs is 1. The normalized spacial score (nSPS) is 12.4. The highest BCUT2D eigenvalue weighted by molar-refractivity contribution is 6.07. The summed E-state index contributed by atoms with van der Waals surface area (Å²) in [5, 5.41) is 28.1. The molecule has 0 aliphatic carbocycles. The molecule has 0 saturated heterocycles. The summed E-state index contributed by atoms with van der Waals surface area (Å²) in [6, 6.07) is 3.44. The molecule has 0 aliphatic rings. The highest BCUT2D eigenvalue weighted by atomic mass is 19.1. The van der Waals surface area contributed by atoms with Gasteiger partial charge in [-0.25, -0.2) is 14.2 Å². The van der Waals surface area contributed by atoms with E-state index in [9.17, 15) is 33.9 Å². The Morgan fingerprint density at radius 3 is 2.27 bits per heavy atom. The molecule has 234 valence electrons. The fourth-order valence-corrected chi connectivity index (χ4v) is 4.59. The number of hydrogen-bond donors (Lipinski definition) is 5. The number of aryl methyl sites for hydroxylation is 2. The van der Waals surface area contributed by atoms with Gasteiger partial charge in [0.2, 0.25) is 5.91 Å². The van der Waals surface area contributed by atoms with Crippen molar-refractivity contribution in [2.45, 2.75) is 58.2 Å². The first-order chi connectivity index (χ1) is 20.6. The predicted molar refractivity (Wildman–Crippen MR) is 155 cm³/mol. The number of carbonyl (C=O) groups excluding carboxylic acids is 2. The third-order valence-corrected chi connectivity index (χ3v) is 7.02. The summed E-state index contributed by atoms with van der Waals surface area (Å²) in [6.45, 7) is 3.73. The Kier molecular flexibility index (Phi) is 10.5. The van der Waals surface area contributed by atoms with Crippen LogP contribution in [0.3, 0.4) is 0 Å². The summed E-state index contributed by atoms with van der Waals surface area (Å²) >= 11 is 0. The molecule has 2 aromatic carbocycles. The molecule has 2 amide bonds. The number of carboxylic acid groups (broad SMARTS) is 3. The van der Waals surface area contributed by atoms with Crippen molar-refractivity contribution in [1.29, 1.82) is 0 Å². The van der Waals surface area contributed by atoms with Crippen molar-refractivity contribution in [3.05, 3.63) is 69.0 Å². The van der Waals surface area contributed by atoms with E-state index >= 15 is 4.39 Å². The number of halogens is 1. The Labute approximate surface area is 249 Å². The molecular formula is C29H32FN5O9. The number of nitrogens with zero attached hydrogens (tertiary/aromatic N) is 3. The fraction of sp³-hybridized carbons (Fsp3) is 0.345. The molecule has 0 saturated carbocycles. The van der Waals surface area contributed by atoms with Crippen LogP contribution in [0, 0.1) is 19.7 Å². The van der Waals surface area contributed by atoms with E-state index in [1.807, 2.05) is 6.92 Å². The van der Waals surface area contributed by atoms with Crippen LogP contribution in [-0.4, -0.2) is 79.0 Å². The van der Waals surface area contributed by atoms with Crippen molar-refractivity contribution in [1.82, 2.24) is 14.9 Å². The largest absolute Gasteiger partial charge is 0.481 e. The van der Waals surface area contributed by atoms with E-state index in [0.29, 0.717) is 22.4 Å². The number of nitrogens with two attached hydrogens (primary N) is 1. The van der Waals surface area contributed by atoms with Crippen molar-refractivity contribution < 1.29 is 43.7 Å². The second-order valence-corrected chi connectivity index (χ2v) is 10.3. The molecule has 0 aliphatic heterocycles. The van der Waals surface area contributed by atoms with E-state index in [2.05, 4.69) is 9.97 Å². The average molecular weight is 614 g/mol. The predicted octanol–water partition coefficient (Wildman–Crippen LogP) is 1.79. The molecule has 44 heavy (non-hydrogen) atoms. The molecule has 0 fully saturated rings. The van der Waals surface area contributed by atoms with Crippen LogP contribution < -0.4 is 16.2 Å². The molecule has 1 aromatic heterocycles. The van der Waals surface area contributed by atoms with Gasteiger partial charge >= 0.3 is 17.9 Å². The van der Waals surface area contributed by atoms with Crippen molar-refractivity contribution in [2.75, 3.05) is 11.9 Å². The fourth-order valence-electron chi connectivity index (χ4n) is 4.59. The first-order valence-electron chi connectivity index (χ1n) is 13.4. The molecule has 2 atom stereocenters. The molecule has 0 unspecified atom stereocenters. The number of benzene rings is 2. The van der Waals surface area contributed by atoms with Crippen LogP contribution in [0.2, 0.25) is 0 Å². The summed E-state index contributed by atoms with van der Waals surface area (Å²) in [7, 11) is 1.64. The van der Waals surface area contributed by atoms with Gasteiger partial charge in [-0.05, 0) is 68.1 Å². The Bertz CT molecular complexity index is 1690. The highest BCUT2D eigenvalue weighted by Gasteiger charge is 2.37.